The first kappa shape index (κ1) is 15.3. The first-order valence-electron chi connectivity index (χ1n) is 6.76. The second-order valence-corrected chi connectivity index (χ2v) is 4.52. The predicted molar refractivity (Wildman–Crippen MR) is 69.4 cm³/mol. The largest absolute Gasteiger partial charge is 0.352 e. The fourth-order valence-electron chi connectivity index (χ4n) is 1.93. The second kappa shape index (κ2) is 10.8. The predicted octanol–water partition coefficient (Wildman–Crippen LogP) is 3.57. The maximum atomic E-state index is 10.7. The molecule has 0 saturated carbocycles. The molecule has 0 fully saturated rings. The summed E-state index contributed by atoms with van der Waals surface area (Å²) in [6, 6.07) is -0.122. The number of hydrogen-bond donors (Lipinski definition) is 2. The lowest BCUT2D eigenvalue weighted by atomic mass is 10.0. The van der Waals surface area contributed by atoms with Gasteiger partial charge in [-0.25, -0.2) is 4.79 Å². The molecule has 0 aliphatic rings. The van der Waals surface area contributed by atoms with Crippen molar-refractivity contribution < 1.29 is 4.79 Å². The monoisotopic (exact) mass is 228 g/mol. The number of carbonyl (C=O) groups excluding carboxylic acids is 1. The van der Waals surface area contributed by atoms with Gasteiger partial charge in [-0.15, -0.1) is 0 Å². The Balaban J connectivity index is 3.31. The molecule has 0 saturated heterocycles. The summed E-state index contributed by atoms with van der Waals surface area (Å²) < 4.78 is 0. The summed E-state index contributed by atoms with van der Waals surface area (Å²) >= 11 is 0. The van der Waals surface area contributed by atoms with Crippen molar-refractivity contribution in [1.29, 1.82) is 0 Å². The average Bonchev–Trinajstić information content (AvgIpc) is 2.25. The Morgan fingerprint density at radius 3 is 2.12 bits per heavy atom. The maximum absolute atomic E-state index is 10.7. The molecule has 0 spiro atoms. The molecule has 3 N–H and O–H groups in total. The molecule has 0 radical (unpaired) electrons. The molecule has 16 heavy (non-hydrogen) atoms. The molecule has 3 nitrogen and oxygen atoms in total. The summed E-state index contributed by atoms with van der Waals surface area (Å²) in [5.74, 6) is 0. The van der Waals surface area contributed by atoms with Crippen molar-refractivity contribution in [2.75, 3.05) is 0 Å². The van der Waals surface area contributed by atoms with Gasteiger partial charge in [0, 0.05) is 6.04 Å². The summed E-state index contributed by atoms with van der Waals surface area (Å²) in [5.41, 5.74) is 5.10. The summed E-state index contributed by atoms with van der Waals surface area (Å²) in [4.78, 5) is 10.7. The smallest absolute Gasteiger partial charge is 0.312 e. The Bertz CT molecular complexity index is 171. The van der Waals surface area contributed by atoms with Gasteiger partial charge in [0.15, 0.2) is 0 Å². The SMILES string of the molecule is CCCCCCCCCC(CC)NC(N)=O. The maximum Gasteiger partial charge on any atom is 0.312 e. The van der Waals surface area contributed by atoms with E-state index in [4.69, 9.17) is 5.73 Å². The summed E-state index contributed by atoms with van der Waals surface area (Å²) in [6.45, 7) is 4.32. The molecule has 2 amide bonds. The van der Waals surface area contributed by atoms with E-state index >= 15 is 0 Å². The highest BCUT2D eigenvalue weighted by Gasteiger charge is 2.06. The average molecular weight is 228 g/mol. The Kier molecular flexibility index (Phi) is 10.3. The molecule has 3 heteroatoms. The van der Waals surface area contributed by atoms with Gasteiger partial charge in [0.25, 0.3) is 0 Å². The Morgan fingerprint density at radius 2 is 1.62 bits per heavy atom. The Morgan fingerprint density at radius 1 is 1.06 bits per heavy atom. The molecule has 0 aromatic rings. The number of rotatable bonds is 10. The topological polar surface area (TPSA) is 55.1 Å². The van der Waals surface area contributed by atoms with E-state index in [9.17, 15) is 4.79 Å². The highest BCUT2D eigenvalue weighted by Crippen LogP contribution is 2.10. The number of carbonyl (C=O) groups is 1. The van der Waals surface area contributed by atoms with Crippen molar-refractivity contribution in [2.24, 2.45) is 5.73 Å². The zero-order chi connectivity index (χ0) is 12.2. The van der Waals surface area contributed by atoms with Crippen molar-refractivity contribution in [3.63, 3.8) is 0 Å². The second-order valence-electron chi connectivity index (χ2n) is 4.52. The van der Waals surface area contributed by atoms with Crippen LogP contribution >= 0.6 is 0 Å². The summed E-state index contributed by atoms with van der Waals surface area (Å²) in [6.07, 6.45) is 11.2. The van der Waals surface area contributed by atoms with Crippen LogP contribution < -0.4 is 11.1 Å². The number of nitrogens with one attached hydrogen (secondary N) is 1. The number of nitrogens with two attached hydrogens (primary N) is 1. The van der Waals surface area contributed by atoms with Gasteiger partial charge in [-0.1, -0.05) is 58.8 Å². The van der Waals surface area contributed by atoms with E-state index < -0.39 is 6.03 Å². The van der Waals surface area contributed by atoms with Crippen LogP contribution in [0.3, 0.4) is 0 Å². The van der Waals surface area contributed by atoms with Crippen LogP contribution in [0.15, 0.2) is 0 Å². The number of hydrogen-bond acceptors (Lipinski definition) is 1. The van der Waals surface area contributed by atoms with E-state index in [1.54, 1.807) is 0 Å². The number of unbranched alkanes of at least 4 members (excludes halogenated alkanes) is 6. The van der Waals surface area contributed by atoms with Crippen LogP contribution in [-0.2, 0) is 0 Å². The van der Waals surface area contributed by atoms with Crippen molar-refractivity contribution in [3.8, 4) is 0 Å². The van der Waals surface area contributed by atoms with Crippen molar-refractivity contribution >= 4 is 6.03 Å². The normalized spacial score (nSPS) is 12.4. The van der Waals surface area contributed by atoms with Crippen molar-refractivity contribution in [1.82, 2.24) is 5.32 Å². The third-order valence-corrected chi connectivity index (χ3v) is 3.00. The van der Waals surface area contributed by atoms with Gasteiger partial charge < -0.3 is 11.1 Å². The van der Waals surface area contributed by atoms with Crippen molar-refractivity contribution in [3.05, 3.63) is 0 Å². The molecule has 96 valence electrons. The van der Waals surface area contributed by atoms with Crippen LogP contribution in [0, 0.1) is 0 Å². The molecule has 0 aliphatic carbocycles. The molecule has 0 bridgehead atoms. The van der Waals surface area contributed by atoms with Gasteiger partial charge in [0.05, 0.1) is 0 Å². The Hall–Kier alpha value is -0.730. The molecular formula is C13H28N2O. The number of amides is 2. The van der Waals surface area contributed by atoms with Crippen LogP contribution in [0.5, 0.6) is 0 Å². The van der Waals surface area contributed by atoms with Crippen LogP contribution in [-0.4, -0.2) is 12.1 Å². The highest BCUT2D eigenvalue weighted by atomic mass is 16.2. The zero-order valence-corrected chi connectivity index (χ0v) is 10.9. The Labute approximate surface area is 100 Å². The number of urea groups is 1. The van der Waals surface area contributed by atoms with Gasteiger partial charge in [-0.05, 0) is 12.8 Å². The van der Waals surface area contributed by atoms with E-state index in [1.807, 2.05) is 0 Å². The molecule has 0 aromatic heterocycles. The van der Waals surface area contributed by atoms with Crippen LogP contribution in [0.25, 0.3) is 0 Å². The van der Waals surface area contributed by atoms with Crippen LogP contribution in [0.2, 0.25) is 0 Å². The lowest BCUT2D eigenvalue weighted by molar-refractivity contribution is 0.243. The molecule has 1 unspecified atom stereocenters. The van der Waals surface area contributed by atoms with Crippen LogP contribution in [0.4, 0.5) is 4.79 Å². The lowest BCUT2D eigenvalue weighted by Gasteiger charge is -2.14. The minimum absolute atomic E-state index is 0.271. The first-order chi connectivity index (χ1) is 7.70. The fraction of sp³-hybridized carbons (Fsp3) is 0.923. The molecule has 0 aliphatic heterocycles. The number of primary amides is 1. The van der Waals surface area contributed by atoms with E-state index in [0.29, 0.717) is 0 Å². The van der Waals surface area contributed by atoms with Gasteiger partial charge in [0.2, 0.25) is 0 Å². The summed E-state index contributed by atoms with van der Waals surface area (Å²) in [5, 5.41) is 2.78. The van der Waals surface area contributed by atoms with Gasteiger partial charge in [-0.2, -0.15) is 0 Å². The fourth-order valence-corrected chi connectivity index (χ4v) is 1.93. The third-order valence-electron chi connectivity index (χ3n) is 3.00. The first-order valence-corrected chi connectivity index (χ1v) is 6.76. The molecule has 1 atom stereocenters. The minimum atomic E-state index is -0.394. The van der Waals surface area contributed by atoms with Crippen molar-refractivity contribution in [2.45, 2.75) is 77.7 Å². The molecule has 0 heterocycles. The third kappa shape index (κ3) is 9.81. The zero-order valence-electron chi connectivity index (χ0n) is 10.9. The minimum Gasteiger partial charge on any atom is -0.352 e. The molecule has 0 aromatic carbocycles. The lowest BCUT2D eigenvalue weighted by Crippen LogP contribution is -2.38. The van der Waals surface area contributed by atoms with Gasteiger partial charge in [0.1, 0.15) is 0 Å². The standard InChI is InChI=1S/C13H28N2O/c1-3-5-6-7-8-9-10-11-12(4-2)15-13(14)16/h12H,3-11H2,1-2H3,(H3,14,15,16). The van der Waals surface area contributed by atoms with E-state index in [1.165, 1.54) is 44.9 Å². The van der Waals surface area contributed by atoms with E-state index in [-0.39, 0.29) is 6.04 Å². The van der Waals surface area contributed by atoms with E-state index in [0.717, 1.165) is 12.8 Å². The van der Waals surface area contributed by atoms with Gasteiger partial charge >= 0.3 is 6.03 Å². The molecular weight excluding hydrogens is 200 g/mol. The summed E-state index contributed by atoms with van der Waals surface area (Å²) in [7, 11) is 0. The van der Waals surface area contributed by atoms with Crippen LogP contribution in [0.1, 0.15) is 71.6 Å². The van der Waals surface area contributed by atoms with E-state index in [2.05, 4.69) is 19.2 Å². The quantitative estimate of drug-likeness (QED) is 0.552. The highest BCUT2D eigenvalue weighted by molar-refractivity contribution is 5.71. The molecule has 0 rings (SSSR count). The van der Waals surface area contributed by atoms with Gasteiger partial charge in [-0.3, -0.25) is 0 Å².